The molecule has 4 aromatic rings. The second kappa shape index (κ2) is 13.4. The molecule has 2 saturated heterocycles. The predicted molar refractivity (Wildman–Crippen MR) is 181 cm³/mol. The number of hydrogen-bond acceptors (Lipinski definition) is 9. The number of halogens is 2. The van der Waals surface area contributed by atoms with E-state index >= 15 is 0 Å². The Morgan fingerprint density at radius 3 is 2.21 bits per heavy atom. The Morgan fingerprint density at radius 2 is 1.57 bits per heavy atom. The van der Waals surface area contributed by atoms with Crippen molar-refractivity contribution in [3.63, 3.8) is 0 Å². The maximum atomic E-state index is 11.7. The van der Waals surface area contributed by atoms with Crippen LogP contribution in [0, 0.1) is 0 Å². The number of likely N-dealkylation sites (tertiary alicyclic amines) is 1. The van der Waals surface area contributed by atoms with E-state index in [0.717, 1.165) is 66.0 Å². The molecule has 2 aromatic heterocycles. The minimum atomic E-state index is -0.298. The van der Waals surface area contributed by atoms with Crippen LogP contribution < -0.4 is 14.8 Å². The van der Waals surface area contributed by atoms with Crippen LogP contribution in [0.5, 0.6) is 11.8 Å². The van der Waals surface area contributed by atoms with Gasteiger partial charge in [0, 0.05) is 79.5 Å². The number of rotatable bonds is 9. The standard InChI is InChI=1S/C35H36Cl2N6O4/c1-46-34-23-11-12-42(16-21-9-10-31(45)39-21)15-20(23)13-28(40-34)26-7-3-5-24(32(26)36)25-6-4-8-27(33(25)37)29-14-38-30(35(41-29)47-2)19-43-17-22(44)18-43/h3-8,13-14,21-22,44H,9-12,15-19H2,1-2H3,(H,39,45). The Hall–Kier alpha value is -3.80. The second-order valence-electron chi connectivity index (χ2n) is 12.3. The van der Waals surface area contributed by atoms with Crippen molar-refractivity contribution in [2.24, 2.45) is 0 Å². The molecule has 3 aliphatic heterocycles. The van der Waals surface area contributed by atoms with Crippen LogP contribution in [-0.2, 0) is 24.3 Å². The summed E-state index contributed by atoms with van der Waals surface area (Å²) < 4.78 is 11.4. The van der Waals surface area contributed by atoms with Gasteiger partial charge in [-0.05, 0) is 24.5 Å². The molecule has 5 heterocycles. The lowest BCUT2D eigenvalue weighted by molar-refractivity contribution is -0.119. The molecule has 1 unspecified atom stereocenters. The summed E-state index contributed by atoms with van der Waals surface area (Å²) in [7, 11) is 3.22. The molecule has 47 heavy (non-hydrogen) atoms. The van der Waals surface area contributed by atoms with Crippen LogP contribution in [0.25, 0.3) is 33.6 Å². The molecule has 1 atom stereocenters. The summed E-state index contributed by atoms with van der Waals surface area (Å²) in [6.45, 7) is 4.19. The average molecular weight is 676 g/mol. The van der Waals surface area contributed by atoms with Crippen molar-refractivity contribution in [3.8, 4) is 45.4 Å². The highest BCUT2D eigenvalue weighted by molar-refractivity contribution is 6.39. The summed E-state index contributed by atoms with van der Waals surface area (Å²) in [5.74, 6) is 1.16. The van der Waals surface area contributed by atoms with Gasteiger partial charge in [0.2, 0.25) is 17.7 Å². The Morgan fingerprint density at radius 1 is 0.915 bits per heavy atom. The average Bonchev–Trinajstić information content (AvgIpc) is 3.48. The normalized spacial score (nSPS) is 18.5. The van der Waals surface area contributed by atoms with Crippen molar-refractivity contribution in [1.29, 1.82) is 0 Å². The summed E-state index contributed by atoms with van der Waals surface area (Å²) in [4.78, 5) is 30.5. The van der Waals surface area contributed by atoms with Crippen LogP contribution in [0.2, 0.25) is 10.0 Å². The minimum absolute atomic E-state index is 0.131. The molecule has 2 N–H and O–H groups in total. The third-order valence-corrected chi connectivity index (χ3v) is 9.98. The molecule has 1 amide bonds. The number of aliphatic hydroxyl groups is 1. The Balaban J connectivity index is 1.19. The fourth-order valence-electron chi connectivity index (χ4n) is 6.74. The van der Waals surface area contributed by atoms with Crippen molar-refractivity contribution < 1.29 is 19.4 Å². The van der Waals surface area contributed by atoms with Crippen LogP contribution >= 0.6 is 23.2 Å². The number of nitrogens with one attached hydrogen (secondary N) is 1. The number of methoxy groups -OCH3 is 2. The molecule has 2 fully saturated rings. The number of ether oxygens (including phenoxy) is 2. The quantitative estimate of drug-likeness (QED) is 0.253. The van der Waals surface area contributed by atoms with E-state index in [2.05, 4.69) is 26.2 Å². The predicted octanol–water partition coefficient (Wildman–Crippen LogP) is 5.01. The number of benzene rings is 2. The summed E-state index contributed by atoms with van der Waals surface area (Å²) in [6, 6.07) is 13.9. The van der Waals surface area contributed by atoms with Gasteiger partial charge in [0.25, 0.3) is 0 Å². The van der Waals surface area contributed by atoms with Crippen LogP contribution in [0.4, 0.5) is 0 Å². The molecule has 0 bridgehead atoms. The molecule has 3 aliphatic rings. The molecule has 0 aliphatic carbocycles. The number of fused-ring (bicyclic) bond motifs is 1. The maximum Gasteiger partial charge on any atom is 0.237 e. The molecule has 7 rings (SSSR count). The van der Waals surface area contributed by atoms with Gasteiger partial charge in [0.1, 0.15) is 5.69 Å². The molecular formula is C35H36Cl2N6O4. The number of β-amino-alcohol motifs (C(OH)–C–C–N with tert-alkyl or cyclic N) is 1. The van der Waals surface area contributed by atoms with Crippen LogP contribution in [0.3, 0.4) is 0 Å². The van der Waals surface area contributed by atoms with E-state index in [-0.39, 0.29) is 18.1 Å². The van der Waals surface area contributed by atoms with Crippen molar-refractivity contribution in [1.82, 2.24) is 30.1 Å². The summed E-state index contributed by atoms with van der Waals surface area (Å²) in [6.07, 6.45) is 3.68. The van der Waals surface area contributed by atoms with Gasteiger partial charge in [0.15, 0.2) is 0 Å². The van der Waals surface area contributed by atoms with E-state index in [1.54, 1.807) is 20.4 Å². The van der Waals surface area contributed by atoms with E-state index < -0.39 is 0 Å². The fourth-order valence-corrected chi connectivity index (χ4v) is 7.39. The van der Waals surface area contributed by atoms with Crippen molar-refractivity contribution in [2.75, 3.05) is 40.4 Å². The van der Waals surface area contributed by atoms with Crippen molar-refractivity contribution in [3.05, 3.63) is 75.5 Å². The molecule has 0 saturated carbocycles. The first kappa shape index (κ1) is 31.8. The van der Waals surface area contributed by atoms with E-state index in [1.165, 1.54) is 0 Å². The van der Waals surface area contributed by atoms with Gasteiger partial charge in [-0.25, -0.2) is 9.97 Å². The first-order valence-corrected chi connectivity index (χ1v) is 16.5. The lowest BCUT2D eigenvalue weighted by Gasteiger charge is -2.35. The van der Waals surface area contributed by atoms with E-state index in [4.69, 9.17) is 42.6 Å². The lowest BCUT2D eigenvalue weighted by atomic mass is 9.95. The second-order valence-corrected chi connectivity index (χ2v) is 13.1. The SMILES string of the molecule is COc1nc(-c2cccc(-c3cccc(-c4cc5c(c(OC)n4)CCN(CC4CCC(=O)N4)C5)c3Cl)c2Cl)cnc1CN1CC(O)C1. The van der Waals surface area contributed by atoms with Gasteiger partial charge in [0.05, 0.1) is 48.0 Å². The van der Waals surface area contributed by atoms with E-state index in [0.29, 0.717) is 64.8 Å². The van der Waals surface area contributed by atoms with E-state index in [9.17, 15) is 9.90 Å². The zero-order valence-corrected chi connectivity index (χ0v) is 27.8. The first-order chi connectivity index (χ1) is 22.8. The van der Waals surface area contributed by atoms with Gasteiger partial charge in [-0.3, -0.25) is 19.6 Å². The number of carbonyl (C=O) groups excluding carboxylic acids is 1. The fraction of sp³-hybridized carbons (Fsp3) is 0.371. The highest BCUT2D eigenvalue weighted by Gasteiger charge is 2.29. The zero-order valence-electron chi connectivity index (χ0n) is 26.3. The van der Waals surface area contributed by atoms with Crippen LogP contribution in [-0.4, -0.2) is 88.3 Å². The molecule has 2 aromatic carbocycles. The number of aliphatic hydroxyl groups excluding tert-OH is 1. The number of pyridine rings is 1. The Labute approximate surface area is 283 Å². The smallest absolute Gasteiger partial charge is 0.237 e. The zero-order chi connectivity index (χ0) is 32.7. The Bertz CT molecular complexity index is 1830. The minimum Gasteiger partial charge on any atom is -0.481 e. The first-order valence-electron chi connectivity index (χ1n) is 15.8. The van der Waals surface area contributed by atoms with E-state index in [1.807, 2.05) is 36.4 Å². The van der Waals surface area contributed by atoms with Crippen molar-refractivity contribution >= 4 is 29.1 Å². The molecule has 10 nitrogen and oxygen atoms in total. The highest BCUT2D eigenvalue weighted by Crippen LogP contribution is 2.43. The number of hydrogen-bond donors (Lipinski definition) is 2. The van der Waals surface area contributed by atoms with Crippen molar-refractivity contribution in [2.45, 2.75) is 44.5 Å². The summed E-state index contributed by atoms with van der Waals surface area (Å²) >= 11 is 14.3. The Kier molecular flexibility index (Phi) is 9.04. The van der Waals surface area contributed by atoms with Crippen LogP contribution in [0.1, 0.15) is 29.7 Å². The number of nitrogens with zero attached hydrogens (tertiary/aromatic N) is 5. The summed E-state index contributed by atoms with van der Waals surface area (Å²) in [5.41, 5.74) is 7.25. The molecule has 244 valence electrons. The molecule has 0 radical (unpaired) electrons. The summed E-state index contributed by atoms with van der Waals surface area (Å²) in [5, 5.41) is 13.7. The third-order valence-electron chi connectivity index (χ3n) is 9.16. The maximum absolute atomic E-state index is 11.7. The van der Waals surface area contributed by atoms with Crippen LogP contribution in [0.15, 0.2) is 48.7 Å². The largest absolute Gasteiger partial charge is 0.481 e. The topological polar surface area (TPSA) is 113 Å². The molecular weight excluding hydrogens is 639 g/mol. The van der Waals surface area contributed by atoms with Gasteiger partial charge in [-0.15, -0.1) is 0 Å². The van der Waals surface area contributed by atoms with Gasteiger partial charge >= 0.3 is 0 Å². The van der Waals surface area contributed by atoms with Gasteiger partial charge < -0.3 is 19.9 Å². The number of aromatic nitrogens is 3. The molecule has 0 spiro atoms. The number of carbonyl (C=O) groups is 1. The van der Waals surface area contributed by atoms with Gasteiger partial charge in [-0.2, -0.15) is 0 Å². The number of amides is 1. The monoisotopic (exact) mass is 674 g/mol. The van der Waals surface area contributed by atoms with Gasteiger partial charge in [-0.1, -0.05) is 59.6 Å². The molecule has 12 heteroatoms. The lowest BCUT2D eigenvalue weighted by Crippen LogP contribution is -2.50. The highest BCUT2D eigenvalue weighted by atomic mass is 35.5. The third kappa shape index (κ3) is 6.40.